The first-order valence-electron chi connectivity index (χ1n) is 15.2. The summed E-state index contributed by atoms with van der Waals surface area (Å²) in [6.07, 6.45) is 9.86. The third kappa shape index (κ3) is 5.34. The second-order valence-electron chi connectivity index (χ2n) is 12.7. The Labute approximate surface area is 248 Å². The number of aryl methyl sites for hydroxylation is 1. The van der Waals surface area contributed by atoms with E-state index in [1.54, 1.807) is 24.3 Å². The fourth-order valence-corrected chi connectivity index (χ4v) is 8.10. The molecule has 6 rings (SSSR count). The van der Waals surface area contributed by atoms with Gasteiger partial charge in [-0.3, -0.25) is 4.98 Å². The molecule has 1 heterocycles. The van der Waals surface area contributed by atoms with Crippen LogP contribution in [0.4, 0.5) is 0 Å². The van der Waals surface area contributed by atoms with Crippen molar-refractivity contribution in [1.29, 1.82) is 0 Å². The Morgan fingerprint density at radius 1 is 1.12 bits per heavy atom. The molecule has 5 nitrogen and oxygen atoms in total. The van der Waals surface area contributed by atoms with E-state index in [4.69, 9.17) is 21.1 Å². The van der Waals surface area contributed by atoms with Crippen LogP contribution < -0.4 is 9.47 Å². The number of carbonyl (C=O) groups is 1. The van der Waals surface area contributed by atoms with E-state index < -0.39 is 11.6 Å². The Hall–Kier alpha value is -3.05. The van der Waals surface area contributed by atoms with Crippen molar-refractivity contribution >= 4 is 17.6 Å². The average molecular weight is 574 g/mol. The zero-order chi connectivity index (χ0) is 28.6. The van der Waals surface area contributed by atoms with Gasteiger partial charge in [0, 0.05) is 22.5 Å². The summed E-state index contributed by atoms with van der Waals surface area (Å²) in [7, 11) is 0. The first-order chi connectivity index (χ1) is 19.8. The lowest BCUT2D eigenvalue weighted by Gasteiger charge is -2.46. The normalized spacial score (nSPS) is 27.6. The zero-order valence-electron chi connectivity index (χ0n) is 24.1. The van der Waals surface area contributed by atoms with Gasteiger partial charge >= 0.3 is 5.97 Å². The van der Waals surface area contributed by atoms with Crippen molar-refractivity contribution in [3.8, 4) is 11.5 Å². The molecule has 0 bridgehead atoms. The van der Waals surface area contributed by atoms with Gasteiger partial charge in [-0.1, -0.05) is 55.8 Å². The maximum absolute atomic E-state index is 12.6. The Kier molecular flexibility index (Phi) is 7.76. The van der Waals surface area contributed by atoms with Crippen molar-refractivity contribution in [2.75, 3.05) is 6.61 Å². The fourth-order valence-electron chi connectivity index (χ4n) is 7.92. The molecule has 3 aliphatic carbocycles. The minimum Gasteiger partial charge on any atom is -0.493 e. The number of nitrogens with zero attached hydrogens (tertiary/aromatic N) is 1. The minimum absolute atomic E-state index is 0.0498. The standard InChI is InChI=1S/C35H40ClNO4/c1-23(22-40-31-13-18-37-30-12-5-7-24(2)32(30)31)19-26-20-25-8-3-4-11-29(25)34(26)14-16-35(17-15-34,33(38)39)41-28-10-6-9-27(36)21-28/h3-4,6,8-11,13,18,21,23-24,26H,5,7,12,14-17,19-20,22H2,1-2H3,(H,38,39)/t23-,24-,26+,34?,35?/m1/s1. The maximum atomic E-state index is 12.6. The van der Waals surface area contributed by atoms with Gasteiger partial charge in [-0.25, -0.2) is 4.79 Å². The smallest absolute Gasteiger partial charge is 0.348 e. The molecular formula is C35H40ClNO4. The van der Waals surface area contributed by atoms with E-state index in [0.717, 1.165) is 37.9 Å². The predicted molar refractivity (Wildman–Crippen MR) is 161 cm³/mol. The predicted octanol–water partition coefficient (Wildman–Crippen LogP) is 8.17. The van der Waals surface area contributed by atoms with E-state index in [1.165, 1.54) is 35.2 Å². The van der Waals surface area contributed by atoms with Gasteiger partial charge in [0.25, 0.3) is 0 Å². The number of pyridine rings is 1. The topological polar surface area (TPSA) is 68.7 Å². The van der Waals surface area contributed by atoms with Gasteiger partial charge in [0.2, 0.25) is 5.60 Å². The van der Waals surface area contributed by atoms with Gasteiger partial charge in [0.1, 0.15) is 11.5 Å². The Morgan fingerprint density at radius 2 is 1.93 bits per heavy atom. The highest BCUT2D eigenvalue weighted by Gasteiger charge is 2.55. The van der Waals surface area contributed by atoms with E-state index in [1.807, 2.05) is 12.3 Å². The lowest BCUT2D eigenvalue weighted by atomic mass is 9.60. The van der Waals surface area contributed by atoms with Crippen LogP contribution in [0.25, 0.3) is 0 Å². The summed E-state index contributed by atoms with van der Waals surface area (Å²) in [4.78, 5) is 17.3. The van der Waals surface area contributed by atoms with Gasteiger partial charge in [0.15, 0.2) is 0 Å². The summed E-state index contributed by atoms with van der Waals surface area (Å²) in [6, 6.07) is 17.9. The molecule has 3 atom stereocenters. The molecule has 0 amide bonds. The molecule has 1 N–H and O–H groups in total. The monoisotopic (exact) mass is 573 g/mol. The first-order valence-corrected chi connectivity index (χ1v) is 15.5. The number of aromatic nitrogens is 1. The van der Waals surface area contributed by atoms with Gasteiger partial charge in [-0.2, -0.15) is 0 Å². The highest BCUT2D eigenvalue weighted by Crippen LogP contribution is 2.56. The number of fused-ring (bicyclic) bond motifs is 3. The van der Waals surface area contributed by atoms with E-state index in [-0.39, 0.29) is 5.41 Å². The van der Waals surface area contributed by atoms with Crippen LogP contribution in [0.5, 0.6) is 11.5 Å². The maximum Gasteiger partial charge on any atom is 0.348 e. The van der Waals surface area contributed by atoms with Crippen molar-refractivity contribution in [1.82, 2.24) is 4.98 Å². The molecule has 41 heavy (non-hydrogen) atoms. The molecule has 0 radical (unpaired) electrons. The Balaban J connectivity index is 1.19. The summed E-state index contributed by atoms with van der Waals surface area (Å²) in [5.41, 5.74) is 4.00. The molecule has 3 aromatic rings. The number of benzene rings is 2. The first kappa shape index (κ1) is 28.1. The molecule has 6 heteroatoms. The van der Waals surface area contributed by atoms with Gasteiger partial charge in [-0.05, 0) is 116 Å². The fraction of sp³-hybridized carbons (Fsp3) is 0.486. The van der Waals surface area contributed by atoms with Gasteiger partial charge in [0.05, 0.1) is 6.61 Å². The average Bonchev–Trinajstić information content (AvgIpc) is 3.25. The number of hydrogen-bond acceptors (Lipinski definition) is 4. The number of aliphatic carboxylic acids is 1. The summed E-state index contributed by atoms with van der Waals surface area (Å²) < 4.78 is 12.7. The number of rotatable bonds is 8. The van der Waals surface area contributed by atoms with Gasteiger partial charge in [-0.15, -0.1) is 0 Å². The molecule has 0 unspecified atom stereocenters. The highest BCUT2D eigenvalue weighted by atomic mass is 35.5. The van der Waals surface area contributed by atoms with Crippen molar-refractivity contribution in [2.24, 2.45) is 11.8 Å². The Morgan fingerprint density at radius 3 is 2.71 bits per heavy atom. The minimum atomic E-state index is -1.25. The molecule has 3 aliphatic rings. The number of carboxylic acids is 1. The van der Waals surface area contributed by atoms with Crippen LogP contribution in [0.1, 0.15) is 87.1 Å². The van der Waals surface area contributed by atoms with Crippen molar-refractivity contribution in [2.45, 2.75) is 88.6 Å². The summed E-state index contributed by atoms with van der Waals surface area (Å²) in [5, 5.41) is 10.9. The molecule has 1 fully saturated rings. The van der Waals surface area contributed by atoms with E-state index in [9.17, 15) is 9.90 Å². The van der Waals surface area contributed by atoms with E-state index in [0.29, 0.717) is 48.0 Å². The summed E-state index contributed by atoms with van der Waals surface area (Å²) in [6.45, 7) is 5.25. The number of ether oxygens (including phenoxy) is 2. The van der Waals surface area contributed by atoms with Crippen LogP contribution in [-0.2, 0) is 23.1 Å². The van der Waals surface area contributed by atoms with Crippen LogP contribution in [-0.4, -0.2) is 28.3 Å². The SMILES string of the molecule is C[C@@H](COc1ccnc2c1[C@H](C)CCC2)C[C@H]1Cc2ccccc2C12CCC(Oc1cccc(Cl)c1)(C(=O)O)CC2. The molecule has 216 valence electrons. The molecular weight excluding hydrogens is 534 g/mol. The molecule has 1 aromatic heterocycles. The lowest BCUT2D eigenvalue weighted by Crippen LogP contribution is -2.52. The van der Waals surface area contributed by atoms with Crippen LogP contribution >= 0.6 is 11.6 Å². The molecule has 0 aliphatic heterocycles. The molecule has 1 spiro atoms. The third-order valence-corrected chi connectivity index (χ3v) is 10.3. The van der Waals surface area contributed by atoms with Crippen molar-refractivity contribution < 1.29 is 19.4 Å². The highest BCUT2D eigenvalue weighted by molar-refractivity contribution is 6.30. The van der Waals surface area contributed by atoms with E-state index in [2.05, 4.69) is 43.1 Å². The summed E-state index contributed by atoms with van der Waals surface area (Å²) in [5.74, 6) is 1.89. The summed E-state index contributed by atoms with van der Waals surface area (Å²) >= 11 is 6.18. The van der Waals surface area contributed by atoms with Crippen molar-refractivity contribution in [3.63, 3.8) is 0 Å². The number of hydrogen-bond donors (Lipinski definition) is 1. The largest absolute Gasteiger partial charge is 0.493 e. The molecule has 1 saturated carbocycles. The quantitative estimate of drug-likeness (QED) is 0.294. The number of halogens is 1. The van der Waals surface area contributed by atoms with E-state index >= 15 is 0 Å². The Bertz CT molecular complexity index is 1410. The molecule has 2 aromatic carbocycles. The molecule has 0 saturated heterocycles. The van der Waals surface area contributed by atoms with Crippen LogP contribution in [0, 0.1) is 11.8 Å². The third-order valence-electron chi connectivity index (χ3n) is 10.0. The number of carboxylic acid groups (broad SMARTS) is 1. The van der Waals surface area contributed by atoms with Crippen molar-refractivity contribution in [3.05, 3.63) is 88.2 Å². The van der Waals surface area contributed by atoms with Crippen LogP contribution in [0.3, 0.4) is 0 Å². The second kappa shape index (κ2) is 11.3. The second-order valence-corrected chi connectivity index (χ2v) is 13.1. The zero-order valence-corrected chi connectivity index (χ0v) is 24.8. The van der Waals surface area contributed by atoms with Crippen LogP contribution in [0.15, 0.2) is 60.8 Å². The lowest BCUT2D eigenvalue weighted by molar-refractivity contribution is -0.160. The van der Waals surface area contributed by atoms with Crippen LogP contribution in [0.2, 0.25) is 5.02 Å². The van der Waals surface area contributed by atoms with Gasteiger partial charge < -0.3 is 14.6 Å².